The Morgan fingerprint density at radius 3 is 2.50 bits per heavy atom. The predicted octanol–water partition coefficient (Wildman–Crippen LogP) is 3.03. The number of benzene rings is 2. The summed E-state index contributed by atoms with van der Waals surface area (Å²) in [6, 6.07) is 17.1. The summed E-state index contributed by atoms with van der Waals surface area (Å²) in [6.45, 7) is 0.641. The van der Waals surface area contributed by atoms with Gasteiger partial charge in [-0.05, 0) is 25.2 Å². The minimum Gasteiger partial charge on any atom is -0.429 e. The maximum absolute atomic E-state index is 13.0. The van der Waals surface area contributed by atoms with E-state index in [0.29, 0.717) is 6.54 Å². The van der Waals surface area contributed by atoms with E-state index in [1.165, 1.54) is 0 Å². The van der Waals surface area contributed by atoms with E-state index in [-0.39, 0.29) is 0 Å². The number of para-hydroxylation sites is 1. The van der Waals surface area contributed by atoms with Gasteiger partial charge in [0.25, 0.3) is 0 Å². The molecule has 4 heteroatoms. The Hall–Kier alpha value is -1.57. The number of hydrogen-bond donors (Lipinski definition) is 0. The van der Waals surface area contributed by atoms with Crippen LogP contribution in [0.25, 0.3) is 0 Å². The lowest BCUT2D eigenvalue weighted by Crippen LogP contribution is -2.29. The fourth-order valence-electron chi connectivity index (χ4n) is 2.13. The van der Waals surface area contributed by atoms with E-state index in [1.807, 2.05) is 61.6 Å². The first-order valence-electron chi connectivity index (χ1n) is 5.85. The first kappa shape index (κ1) is 11.5. The summed E-state index contributed by atoms with van der Waals surface area (Å²) in [5.74, 6) is 0.725. The third-order valence-electron chi connectivity index (χ3n) is 3.13. The number of hydrogen-bond acceptors (Lipinski definition) is 2. The zero-order valence-electron chi connectivity index (χ0n) is 10.1. The topological polar surface area (TPSA) is 29.5 Å². The number of nitrogens with zero attached hydrogens (tertiary/aromatic N) is 1. The zero-order chi connectivity index (χ0) is 12.6. The van der Waals surface area contributed by atoms with Gasteiger partial charge < -0.3 is 4.52 Å². The molecule has 0 spiro atoms. The second-order valence-corrected chi connectivity index (χ2v) is 6.79. The molecule has 1 atom stereocenters. The summed E-state index contributed by atoms with van der Waals surface area (Å²) in [6.07, 6.45) is 0. The second-order valence-electron chi connectivity index (χ2n) is 4.37. The van der Waals surface area contributed by atoms with E-state index in [1.54, 1.807) is 4.67 Å². The van der Waals surface area contributed by atoms with Crippen LogP contribution in [0.4, 0.5) is 0 Å². The summed E-state index contributed by atoms with van der Waals surface area (Å²) >= 11 is 0. The zero-order valence-corrected chi connectivity index (χ0v) is 11.0. The molecular formula is C14H14NO2P. The van der Waals surface area contributed by atoms with Crippen molar-refractivity contribution in [2.45, 2.75) is 6.54 Å². The van der Waals surface area contributed by atoms with E-state index in [2.05, 4.69) is 0 Å². The predicted molar refractivity (Wildman–Crippen MR) is 72.2 cm³/mol. The number of fused-ring (bicyclic) bond motifs is 1. The molecule has 3 rings (SSSR count). The molecule has 1 unspecified atom stereocenters. The van der Waals surface area contributed by atoms with Gasteiger partial charge in [0.2, 0.25) is 0 Å². The van der Waals surface area contributed by atoms with Gasteiger partial charge in [0, 0.05) is 12.1 Å². The van der Waals surface area contributed by atoms with Gasteiger partial charge in [0.1, 0.15) is 5.75 Å². The number of rotatable bonds is 1. The molecular weight excluding hydrogens is 245 g/mol. The van der Waals surface area contributed by atoms with Gasteiger partial charge in [-0.1, -0.05) is 36.4 Å². The highest BCUT2D eigenvalue weighted by molar-refractivity contribution is 7.65. The van der Waals surface area contributed by atoms with Gasteiger partial charge in [-0.2, -0.15) is 0 Å². The van der Waals surface area contributed by atoms with Crippen LogP contribution in [0, 0.1) is 0 Å². The Morgan fingerprint density at radius 1 is 1.06 bits per heavy atom. The van der Waals surface area contributed by atoms with Crippen molar-refractivity contribution in [2.24, 2.45) is 0 Å². The quantitative estimate of drug-likeness (QED) is 0.737. The first-order valence-corrected chi connectivity index (χ1v) is 7.43. The third-order valence-corrected chi connectivity index (χ3v) is 5.56. The molecule has 2 aromatic rings. The van der Waals surface area contributed by atoms with Crippen LogP contribution >= 0.6 is 7.52 Å². The van der Waals surface area contributed by atoms with Crippen molar-refractivity contribution in [1.82, 2.24) is 4.67 Å². The van der Waals surface area contributed by atoms with Crippen LogP contribution in [0.5, 0.6) is 5.75 Å². The molecule has 0 aliphatic carbocycles. The molecule has 0 radical (unpaired) electrons. The highest BCUT2D eigenvalue weighted by Crippen LogP contribution is 2.53. The Kier molecular flexibility index (Phi) is 2.73. The summed E-state index contributed by atoms with van der Waals surface area (Å²) < 4.78 is 20.6. The van der Waals surface area contributed by atoms with Crippen molar-refractivity contribution in [1.29, 1.82) is 0 Å². The maximum atomic E-state index is 13.0. The van der Waals surface area contributed by atoms with Crippen molar-refractivity contribution < 1.29 is 9.09 Å². The van der Waals surface area contributed by atoms with Crippen molar-refractivity contribution >= 4 is 12.8 Å². The van der Waals surface area contributed by atoms with E-state index < -0.39 is 7.52 Å². The van der Waals surface area contributed by atoms with Gasteiger partial charge in [-0.25, -0.2) is 4.67 Å². The highest BCUT2D eigenvalue weighted by atomic mass is 31.2. The lowest BCUT2D eigenvalue weighted by molar-refractivity contribution is 0.367. The monoisotopic (exact) mass is 259 g/mol. The van der Waals surface area contributed by atoms with Crippen molar-refractivity contribution in [3.8, 4) is 5.75 Å². The molecule has 0 fully saturated rings. The highest BCUT2D eigenvalue weighted by Gasteiger charge is 2.37. The van der Waals surface area contributed by atoms with Crippen LogP contribution in [0.1, 0.15) is 5.56 Å². The van der Waals surface area contributed by atoms with Crippen molar-refractivity contribution in [3.63, 3.8) is 0 Å². The van der Waals surface area contributed by atoms with Gasteiger partial charge in [0.15, 0.2) is 0 Å². The Labute approximate surface area is 107 Å². The third kappa shape index (κ3) is 1.76. The molecule has 0 saturated heterocycles. The lowest BCUT2D eigenvalue weighted by Gasteiger charge is -2.33. The van der Waals surface area contributed by atoms with Gasteiger partial charge >= 0.3 is 7.52 Å². The van der Waals surface area contributed by atoms with Crippen molar-refractivity contribution in [2.75, 3.05) is 7.05 Å². The molecule has 0 N–H and O–H groups in total. The summed E-state index contributed by atoms with van der Waals surface area (Å²) in [7, 11) is -1.12. The molecule has 3 nitrogen and oxygen atoms in total. The van der Waals surface area contributed by atoms with Crippen LogP contribution < -0.4 is 9.83 Å². The molecule has 0 amide bonds. The fraction of sp³-hybridized carbons (Fsp3) is 0.143. The largest absolute Gasteiger partial charge is 0.429 e. The smallest absolute Gasteiger partial charge is 0.349 e. The van der Waals surface area contributed by atoms with Crippen LogP contribution in [0.15, 0.2) is 54.6 Å². The summed E-state index contributed by atoms with van der Waals surface area (Å²) in [4.78, 5) is 0. The van der Waals surface area contributed by atoms with Crippen LogP contribution in [0.3, 0.4) is 0 Å². The van der Waals surface area contributed by atoms with Crippen molar-refractivity contribution in [3.05, 3.63) is 60.2 Å². The second kappa shape index (κ2) is 4.27. The molecule has 1 heterocycles. The maximum Gasteiger partial charge on any atom is 0.349 e. The van der Waals surface area contributed by atoms with Gasteiger partial charge in [-0.15, -0.1) is 0 Å². The Bertz CT molecular complexity index is 612. The van der Waals surface area contributed by atoms with Crippen LogP contribution in [0.2, 0.25) is 0 Å². The van der Waals surface area contributed by atoms with E-state index in [4.69, 9.17) is 4.52 Å². The van der Waals surface area contributed by atoms with E-state index >= 15 is 0 Å². The molecule has 92 valence electrons. The molecule has 1 aliphatic heterocycles. The normalized spacial score (nSPS) is 23.2. The Balaban J connectivity index is 2.08. The molecule has 18 heavy (non-hydrogen) atoms. The average molecular weight is 259 g/mol. The van der Waals surface area contributed by atoms with E-state index in [0.717, 1.165) is 16.6 Å². The van der Waals surface area contributed by atoms with E-state index in [9.17, 15) is 4.57 Å². The molecule has 0 saturated carbocycles. The summed E-state index contributed by atoms with van der Waals surface area (Å²) in [5, 5.41) is 0.738. The van der Waals surface area contributed by atoms with Gasteiger partial charge in [-0.3, -0.25) is 4.57 Å². The SMILES string of the molecule is CN1Cc2ccccc2OP1(=O)c1ccccc1. The summed E-state index contributed by atoms with van der Waals surface area (Å²) in [5.41, 5.74) is 1.07. The standard InChI is InChI=1S/C14H14NO2P/c1-15-11-12-7-5-6-10-14(12)17-18(15,16)13-8-3-2-4-9-13/h2-10H,11H2,1H3. The fourth-order valence-corrected chi connectivity index (χ4v) is 4.10. The van der Waals surface area contributed by atoms with Crippen LogP contribution in [-0.2, 0) is 11.1 Å². The molecule has 0 aromatic heterocycles. The lowest BCUT2D eigenvalue weighted by atomic mass is 10.2. The van der Waals surface area contributed by atoms with Crippen LogP contribution in [-0.4, -0.2) is 11.7 Å². The average Bonchev–Trinajstić information content (AvgIpc) is 2.41. The molecule has 1 aliphatic rings. The first-order chi connectivity index (χ1) is 8.70. The minimum atomic E-state index is -2.96. The van der Waals surface area contributed by atoms with Gasteiger partial charge in [0.05, 0.1) is 5.30 Å². The molecule has 0 bridgehead atoms. The minimum absolute atomic E-state index is 0.641. The molecule has 2 aromatic carbocycles. The Morgan fingerprint density at radius 2 is 1.72 bits per heavy atom.